The number of nitrogens with two attached hydrogens (primary N) is 1. The predicted molar refractivity (Wildman–Crippen MR) is 86.0 cm³/mol. The maximum atomic E-state index is 12.0. The highest BCUT2D eigenvalue weighted by atomic mass is 35.5. The molecule has 0 saturated carbocycles. The molecule has 4 N–H and O–H groups in total. The van der Waals surface area contributed by atoms with Crippen LogP contribution in [0.4, 0.5) is 11.4 Å². The topological polar surface area (TPSA) is 93.4 Å². The summed E-state index contributed by atoms with van der Waals surface area (Å²) in [6, 6.07) is 5.01. The van der Waals surface area contributed by atoms with E-state index in [-0.39, 0.29) is 30.8 Å². The lowest BCUT2D eigenvalue weighted by Gasteiger charge is -2.21. The fraction of sp³-hybridized carbons (Fsp3) is 0.429. The molecule has 2 amide bonds. The van der Waals surface area contributed by atoms with Crippen molar-refractivity contribution in [2.75, 3.05) is 24.3 Å². The lowest BCUT2D eigenvalue weighted by molar-refractivity contribution is -0.123. The van der Waals surface area contributed by atoms with Gasteiger partial charge in [-0.05, 0) is 26.0 Å². The molecule has 1 aromatic carbocycles. The number of anilines is 2. The van der Waals surface area contributed by atoms with Crippen molar-refractivity contribution in [3.63, 3.8) is 0 Å². The van der Waals surface area contributed by atoms with Gasteiger partial charge in [-0.3, -0.25) is 9.59 Å². The zero-order valence-electron chi connectivity index (χ0n) is 12.6. The highest BCUT2D eigenvalue weighted by Gasteiger charge is 2.25. The number of carbonyl (C=O) groups is 2. The number of rotatable bonds is 5. The number of methoxy groups -OCH3 is 1. The summed E-state index contributed by atoms with van der Waals surface area (Å²) < 4.78 is 5.19. The molecule has 118 valence electrons. The SMILES string of the molecule is COc1cc(NC(=O)C(C)(C)CN)ccc1NC(C)=O.Cl. The molecule has 0 bridgehead atoms. The largest absolute Gasteiger partial charge is 0.494 e. The van der Waals surface area contributed by atoms with E-state index in [0.717, 1.165) is 0 Å². The van der Waals surface area contributed by atoms with E-state index < -0.39 is 5.41 Å². The molecule has 0 fully saturated rings. The monoisotopic (exact) mass is 315 g/mol. The molecule has 6 nitrogen and oxygen atoms in total. The van der Waals surface area contributed by atoms with Gasteiger partial charge in [-0.15, -0.1) is 12.4 Å². The molecule has 0 unspecified atom stereocenters. The molecular weight excluding hydrogens is 294 g/mol. The van der Waals surface area contributed by atoms with E-state index in [1.54, 1.807) is 32.0 Å². The van der Waals surface area contributed by atoms with Gasteiger partial charge in [0.05, 0.1) is 18.2 Å². The van der Waals surface area contributed by atoms with Crippen molar-refractivity contribution in [1.29, 1.82) is 0 Å². The van der Waals surface area contributed by atoms with E-state index in [1.165, 1.54) is 14.0 Å². The zero-order chi connectivity index (χ0) is 15.3. The van der Waals surface area contributed by atoms with Crippen LogP contribution in [0.25, 0.3) is 0 Å². The molecule has 0 aliphatic rings. The second-order valence-electron chi connectivity index (χ2n) is 5.14. The van der Waals surface area contributed by atoms with Gasteiger partial charge in [0.2, 0.25) is 11.8 Å². The van der Waals surface area contributed by atoms with Crippen LogP contribution in [0.5, 0.6) is 5.75 Å². The average molecular weight is 316 g/mol. The van der Waals surface area contributed by atoms with Gasteiger partial charge in [0.1, 0.15) is 5.75 Å². The number of ether oxygens (including phenoxy) is 1. The molecule has 0 saturated heterocycles. The summed E-state index contributed by atoms with van der Waals surface area (Å²) in [4.78, 5) is 23.1. The number of halogens is 1. The highest BCUT2D eigenvalue weighted by molar-refractivity contribution is 5.96. The summed E-state index contributed by atoms with van der Waals surface area (Å²) >= 11 is 0. The molecular formula is C14H22ClN3O3. The van der Waals surface area contributed by atoms with Crippen molar-refractivity contribution in [3.8, 4) is 5.75 Å². The first-order chi connectivity index (χ1) is 9.30. The minimum absolute atomic E-state index is 0. The van der Waals surface area contributed by atoms with Gasteiger partial charge in [-0.1, -0.05) is 0 Å². The Hall–Kier alpha value is -1.79. The quantitative estimate of drug-likeness (QED) is 0.774. The Morgan fingerprint density at radius 1 is 1.29 bits per heavy atom. The van der Waals surface area contributed by atoms with Crippen molar-refractivity contribution >= 4 is 35.6 Å². The van der Waals surface area contributed by atoms with Crippen LogP contribution in [-0.2, 0) is 9.59 Å². The number of benzene rings is 1. The van der Waals surface area contributed by atoms with E-state index in [0.29, 0.717) is 17.1 Å². The third kappa shape index (κ3) is 5.24. The maximum absolute atomic E-state index is 12.0. The van der Waals surface area contributed by atoms with Gasteiger partial charge in [0, 0.05) is 25.2 Å². The minimum Gasteiger partial charge on any atom is -0.494 e. The van der Waals surface area contributed by atoms with Crippen LogP contribution in [0, 0.1) is 5.41 Å². The third-order valence-electron chi connectivity index (χ3n) is 2.90. The number of amides is 2. The number of carbonyl (C=O) groups excluding carboxylic acids is 2. The molecule has 0 atom stereocenters. The van der Waals surface area contributed by atoms with Gasteiger partial charge in [-0.2, -0.15) is 0 Å². The Morgan fingerprint density at radius 2 is 1.90 bits per heavy atom. The van der Waals surface area contributed by atoms with Crippen LogP contribution < -0.4 is 21.1 Å². The van der Waals surface area contributed by atoms with Crippen molar-refractivity contribution in [2.24, 2.45) is 11.1 Å². The standard InChI is InChI=1S/C14H21N3O3.ClH/c1-9(18)16-11-6-5-10(7-12(11)20-4)17-13(19)14(2,3)8-15;/h5-7H,8,15H2,1-4H3,(H,16,18)(H,17,19);1H. The molecule has 0 aromatic heterocycles. The second kappa shape index (κ2) is 7.85. The Balaban J connectivity index is 0.00000400. The third-order valence-corrected chi connectivity index (χ3v) is 2.90. The Kier molecular flexibility index (Phi) is 7.18. The zero-order valence-corrected chi connectivity index (χ0v) is 13.5. The van der Waals surface area contributed by atoms with Crippen molar-refractivity contribution < 1.29 is 14.3 Å². The normalized spacial score (nSPS) is 10.3. The summed E-state index contributed by atoms with van der Waals surface area (Å²) in [5, 5.41) is 5.43. The fourth-order valence-corrected chi connectivity index (χ4v) is 1.45. The van der Waals surface area contributed by atoms with E-state index in [4.69, 9.17) is 10.5 Å². The lowest BCUT2D eigenvalue weighted by Crippen LogP contribution is -2.37. The molecule has 1 aromatic rings. The van der Waals surface area contributed by atoms with Gasteiger partial charge in [-0.25, -0.2) is 0 Å². The van der Waals surface area contributed by atoms with Crippen LogP contribution >= 0.6 is 12.4 Å². The first-order valence-electron chi connectivity index (χ1n) is 6.27. The van der Waals surface area contributed by atoms with Crippen molar-refractivity contribution in [1.82, 2.24) is 0 Å². The molecule has 7 heteroatoms. The van der Waals surface area contributed by atoms with Gasteiger partial charge >= 0.3 is 0 Å². The molecule has 0 spiro atoms. The summed E-state index contributed by atoms with van der Waals surface area (Å²) in [7, 11) is 1.50. The summed E-state index contributed by atoms with van der Waals surface area (Å²) in [5.74, 6) is 0.113. The summed E-state index contributed by atoms with van der Waals surface area (Å²) in [6.45, 7) is 5.20. The molecule has 0 aliphatic heterocycles. The van der Waals surface area contributed by atoms with E-state index in [9.17, 15) is 9.59 Å². The average Bonchev–Trinajstić information content (AvgIpc) is 2.39. The predicted octanol–water partition coefficient (Wildman–Crippen LogP) is 2.00. The first kappa shape index (κ1) is 19.2. The summed E-state index contributed by atoms with van der Waals surface area (Å²) in [6.07, 6.45) is 0. The number of hydrogen-bond donors (Lipinski definition) is 3. The van der Waals surface area contributed by atoms with Crippen LogP contribution in [0.2, 0.25) is 0 Å². The van der Waals surface area contributed by atoms with Crippen LogP contribution in [0.3, 0.4) is 0 Å². The van der Waals surface area contributed by atoms with Crippen LogP contribution in [0.15, 0.2) is 18.2 Å². The molecule has 1 rings (SSSR count). The van der Waals surface area contributed by atoms with Crippen molar-refractivity contribution in [2.45, 2.75) is 20.8 Å². The van der Waals surface area contributed by atoms with Crippen LogP contribution in [0.1, 0.15) is 20.8 Å². The lowest BCUT2D eigenvalue weighted by atomic mass is 9.92. The fourth-order valence-electron chi connectivity index (χ4n) is 1.45. The number of nitrogens with one attached hydrogen (secondary N) is 2. The van der Waals surface area contributed by atoms with E-state index in [2.05, 4.69) is 10.6 Å². The Bertz CT molecular complexity index is 518. The van der Waals surface area contributed by atoms with Gasteiger partial charge in [0.15, 0.2) is 0 Å². The molecule has 0 radical (unpaired) electrons. The first-order valence-corrected chi connectivity index (χ1v) is 6.27. The highest BCUT2D eigenvalue weighted by Crippen LogP contribution is 2.28. The van der Waals surface area contributed by atoms with Crippen molar-refractivity contribution in [3.05, 3.63) is 18.2 Å². The number of hydrogen-bond acceptors (Lipinski definition) is 4. The summed E-state index contributed by atoms with van der Waals surface area (Å²) in [5.41, 5.74) is 6.05. The van der Waals surface area contributed by atoms with Gasteiger partial charge < -0.3 is 21.1 Å². The Labute approximate surface area is 130 Å². The maximum Gasteiger partial charge on any atom is 0.231 e. The molecule has 21 heavy (non-hydrogen) atoms. The van der Waals surface area contributed by atoms with E-state index >= 15 is 0 Å². The molecule has 0 aliphatic carbocycles. The Morgan fingerprint density at radius 3 is 2.38 bits per heavy atom. The van der Waals surface area contributed by atoms with Crippen LogP contribution in [-0.4, -0.2) is 25.5 Å². The molecule has 0 heterocycles. The van der Waals surface area contributed by atoms with Gasteiger partial charge in [0.25, 0.3) is 0 Å². The smallest absolute Gasteiger partial charge is 0.231 e. The second-order valence-corrected chi connectivity index (χ2v) is 5.14. The van der Waals surface area contributed by atoms with E-state index in [1.807, 2.05) is 0 Å². The minimum atomic E-state index is -0.649.